The van der Waals surface area contributed by atoms with Crippen LogP contribution in [-0.4, -0.2) is 21.1 Å². The van der Waals surface area contributed by atoms with E-state index in [1.54, 1.807) is 24.5 Å². The zero-order chi connectivity index (χ0) is 14.7. The van der Waals surface area contributed by atoms with Crippen molar-refractivity contribution in [1.29, 1.82) is 0 Å². The molecule has 1 aromatic carbocycles. The van der Waals surface area contributed by atoms with E-state index in [4.69, 9.17) is 0 Å². The number of hydrogen-bond acceptors (Lipinski definition) is 3. The first kappa shape index (κ1) is 13.1. The predicted molar refractivity (Wildman–Crippen MR) is 81.0 cm³/mol. The van der Waals surface area contributed by atoms with Crippen molar-refractivity contribution >= 4 is 11.6 Å². The normalized spacial score (nSPS) is 10.3. The molecule has 0 saturated heterocycles. The van der Waals surface area contributed by atoms with E-state index < -0.39 is 0 Å². The minimum Gasteiger partial charge on any atom is -0.322 e. The van der Waals surface area contributed by atoms with E-state index in [1.807, 2.05) is 37.3 Å². The molecule has 0 atom stereocenters. The van der Waals surface area contributed by atoms with Crippen LogP contribution in [0, 0.1) is 6.92 Å². The van der Waals surface area contributed by atoms with Gasteiger partial charge < -0.3 is 5.32 Å². The van der Waals surface area contributed by atoms with Crippen molar-refractivity contribution in [2.75, 3.05) is 5.32 Å². The van der Waals surface area contributed by atoms with Crippen molar-refractivity contribution in [3.8, 4) is 11.3 Å². The number of anilines is 1. The van der Waals surface area contributed by atoms with Crippen molar-refractivity contribution in [3.05, 3.63) is 66.1 Å². The van der Waals surface area contributed by atoms with Crippen LogP contribution < -0.4 is 5.32 Å². The number of aromatic nitrogens is 3. The molecule has 104 valence electrons. The molecule has 2 heterocycles. The Morgan fingerprint density at radius 2 is 1.90 bits per heavy atom. The Morgan fingerprint density at radius 3 is 2.57 bits per heavy atom. The summed E-state index contributed by atoms with van der Waals surface area (Å²) < 4.78 is 0. The number of hydrogen-bond donors (Lipinski definition) is 2. The lowest BCUT2D eigenvalue weighted by Crippen LogP contribution is -2.12. The van der Waals surface area contributed by atoms with Crippen LogP contribution in [0.3, 0.4) is 0 Å². The highest BCUT2D eigenvalue weighted by Crippen LogP contribution is 2.19. The number of aromatic amines is 1. The second kappa shape index (κ2) is 5.58. The van der Waals surface area contributed by atoms with Gasteiger partial charge in [0.2, 0.25) is 0 Å². The summed E-state index contributed by atoms with van der Waals surface area (Å²) in [6, 6.07) is 12.9. The number of pyridine rings is 1. The number of carbonyl (C=O) groups is 1. The third-order valence-corrected chi connectivity index (χ3v) is 3.11. The van der Waals surface area contributed by atoms with Crippen molar-refractivity contribution in [2.45, 2.75) is 6.92 Å². The Bertz CT molecular complexity index is 748. The van der Waals surface area contributed by atoms with Gasteiger partial charge in [-0.1, -0.05) is 12.1 Å². The van der Waals surface area contributed by atoms with Gasteiger partial charge in [0.05, 0.1) is 5.69 Å². The topological polar surface area (TPSA) is 70.7 Å². The van der Waals surface area contributed by atoms with Gasteiger partial charge >= 0.3 is 0 Å². The van der Waals surface area contributed by atoms with Gasteiger partial charge in [-0.15, -0.1) is 0 Å². The lowest BCUT2D eigenvalue weighted by Gasteiger charge is -2.06. The molecule has 2 N–H and O–H groups in total. The zero-order valence-corrected chi connectivity index (χ0v) is 11.5. The van der Waals surface area contributed by atoms with Gasteiger partial charge in [-0.25, -0.2) is 0 Å². The van der Waals surface area contributed by atoms with Crippen LogP contribution >= 0.6 is 0 Å². The molecule has 5 nitrogen and oxygen atoms in total. The second-order valence-corrected chi connectivity index (χ2v) is 4.69. The van der Waals surface area contributed by atoms with Gasteiger partial charge in [-0.2, -0.15) is 5.10 Å². The summed E-state index contributed by atoms with van der Waals surface area (Å²) in [5.41, 5.74) is 4.12. The maximum atomic E-state index is 12.1. The SMILES string of the molecule is Cc1cc(C(=O)Nc2ccc(-c3ccn[nH]3)cc2)ccn1. The maximum Gasteiger partial charge on any atom is 0.255 e. The minimum atomic E-state index is -0.144. The highest BCUT2D eigenvalue weighted by molar-refractivity contribution is 6.04. The fourth-order valence-electron chi connectivity index (χ4n) is 2.04. The highest BCUT2D eigenvalue weighted by atomic mass is 16.1. The summed E-state index contributed by atoms with van der Waals surface area (Å²) in [5, 5.41) is 9.68. The molecule has 0 aliphatic carbocycles. The van der Waals surface area contributed by atoms with Gasteiger partial charge in [0.15, 0.2) is 0 Å². The standard InChI is InChI=1S/C16H14N4O/c1-11-10-13(6-8-17-11)16(21)19-14-4-2-12(3-5-14)15-7-9-18-20-15/h2-10H,1H3,(H,18,20)(H,19,21). The fraction of sp³-hybridized carbons (Fsp3) is 0.0625. The van der Waals surface area contributed by atoms with Gasteiger partial charge in [-0.05, 0) is 42.8 Å². The summed E-state index contributed by atoms with van der Waals surface area (Å²) in [5.74, 6) is -0.144. The van der Waals surface area contributed by atoms with E-state index in [2.05, 4.69) is 20.5 Å². The first-order valence-corrected chi connectivity index (χ1v) is 6.56. The zero-order valence-electron chi connectivity index (χ0n) is 11.5. The van der Waals surface area contributed by atoms with Crippen LogP contribution in [-0.2, 0) is 0 Å². The smallest absolute Gasteiger partial charge is 0.255 e. The van der Waals surface area contributed by atoms with E-state index in [0.29, 0.717) is 5.56 Å². The van der Waals surface area contributed by atoms with Crippen LogP contribution in [0.25, 0.3) is 11.3 Å². The van der Waals surface area contributed by atoms with Gasteiger partial charge in [-0.3, -0.25) is 14.9 Å². The number of H-pyrrole nitrogens is 1. The first-order chi connectivity index (χ1) is 10.2. The van der Waals surface area contributed by atoms with Crippen molar-refractivity contribution in [2.24, 2.45) is 0 Å². The molecule has 0 aliphatic rings. The monoisotopic (exact) mass is 278 g/mol. The molecule has 0 unspecified atom stereocenters. The number of nitrogens with one attached hydrogen (secondary N) is 2. The third-order valence-electron chi connectivity index (χ3n) is 3.11. The average Bonchev–Trinajstić information content (AvgIpc) is 3.02. The molecule has 2 aromatic heterocycles. The number of nitrogens with zero attached hydrogens (tertiary/aromatic N) is 2. The molecule has 0 saturated carbocycles. The largest absolute Gasteiger partial charge is 0.322 e. The molecule has 1 amide bonds. The summed E-state index contributed by atoms with van der Waals surface area (Å²) in [4.78, 5) is 16.2. The number of rotatable bonds is 3. The maximum absolute atomic E-state index is 12.1. The summed E-state index contributed by atoms with van der Waals surface area (Å²) >= 11 is 0. The van der Waals surface area contributed by atoms with Crippen molar-refractivity contribution < 1.29 is 4.79 Å². The molecule has 3 aromatic rings. The third kappa shape index (κ3) is 2.97. The quantitative estimate of drug-likeness (QED) is 0.773. The summed E-state index contributed by atoms with van der Waals surface area (Å²) in [6.07, 6.45) is 3.34. The molecule has 21 heavy (non-hydrogen) atoms. The molecule has 5 heteroatoms. The van der Waals surface area contributed by atoms with Crippen LogP contribution in [0.15, 0.2) is 54.9 Å². The predicted octanol–water partition coefficient (Wildman–Crippen LogP) is 3.03. The van der Waals surface area contributed by atoms with Crippen molar-refractivity contribution in [3.63, 3.8) is 0 Å². The van der Waals surface area contributed by atoms with Crippen LogP contribution in [0.2, 0.25) is 0 Å². The number of aryl methyl sites for hydroxylation is 1. The van der Waals surface area contributed by atoms with Gasteiger partial charge in [0.1, 0.15) is 0 Å². The van der Waals surface area contributed by atoms with Gasteiger partial charge in [0.25, 0.3) is 5.91 Å². The van der Waals surface area contributed by atoms with Gasteiger partial charge in [0, 0.05) is 29.3 Å². The van der Waals surface area contributed by atoms with E-state index in [0.717, 1.165) is 22.6 Å². The number of carbonyl (C=O) groups excluding carboxylic acids is 1. The van der Waals surface area contributed by atoms with E-state index in [1.165, 1.54) is 0 Å². The molecule has 0 bridgehead atoms. The first-order valence-electron chi connectivity index (χ1n) is 6.56. The Balaban J connectivity index is 1.75. The number of benzene rings is 1. The van der Waals surface area contributed by atoms with Crippen LogP contribution in [0.4, 0.5) is 5.69 Å². The molecular formula is C16H14N4O. The Hall–Kier alpha value is -2.95. The lowest BCUT2D eigenvalue weighted by molar-refractivity contribution is 0.102. The molecule has 0 fully saturated rings. The average molecular weight is 278 g/mol. The second-order valence-electron chi connectivity index (χ2n) is 4.69. The van der Waals surface area contributed by atoms with Crippen LogP contribution in [0.1, 0.15) is 16.1 Å². The highest BCUT2D eigenvalue weighted by Gasteiger charge is 2.06. The Labute approximate surface area is 122 Å². The fourth-order valence-corrected chi connectivity index (χ4v) is 2.04. The molecular weight excluding hydrogens is 264 g/mol. The summed E-state index contributed by atoms with van der Waals surface area (Å²) in [7, 11) is 0. The van der Waals surface area contributed by atoms with E-state index in [9.17, 15) is 4.79 Å². The molecule has 0 radical (unpaired) electrons. The van der Waals surface area contributed by atoms with Crippen LogP contribution in [0.5, 0.6) is 0 Å². The van der Waals surface area contributed by atoms with E-state index >= 15 is 0 Å². The molecule has 0 aliphatic heterocycles. The Morgan fingerprint density at radius 1 is 1.10 bits per heavy atom. The minimum absolute atomic E-state index is 0.144. The van der Waals surface area contributed by atoms with E-state index in [-0.39, 0.29) is 5.91 Å². The summed E-state index contributed by atoms with van der Waals surface area (Å²) in [6.45, 7) is 1.86. The number of amides is 1. The molecule has 3 rings (SSSR count). The Kier molecular flexibility index (Phi) is 3.47. The van der Waals surface area contributed by atoms with Crippen molar-refractivity contribution in [1.82, 2.24) is 15.2 Å². The lowest BCUT2D eigenvalue weighted by atomic mass is 10.1. The molecule has 0 spiro atoms.